The van der Waals surface area contributed by atoms with Crippen LogP contribution in [0.2, 0.25) is 0 Å². The first-order valence-electron chi connectivity index (χ1n) is 14.1. The maximum Gasteiger partial charge on any atom is 0.311 e. The van der Waals surface area contributed by atoms with Gasteiger partial charge in [-0.05, 0) is 56.1 Å². The zero-order valence-corrected chi connectivity index (χ0v) is 22.5. The van der Waals surface area contributed by atoms with Crippen LogP contribution in [0.3, 0.4) is 0 Å². The number of aliphatic imine (C=N–C) groups is 1. The Morgan fingerprint density at radius 1 is 1.19 bits per heavy atom. The zero-order chi connectivity index (χ0) is 26.2. The zero-order valence-electron chi connectivity index (χ0n) is 22.5. The minimum absolute atomic E-state index is 0.0607. The number of rotatable bonds is 11. The number of ether oxygens (including phenoxy) is 2. The number of allylic oxidation sites excluding steroid dienone is 1. The molecule has 1 saturated heterocycles. The number of carbonyl (C=O) groups excluding carboxylic acids is 3. The molecule has 0 bridgehead atoms. The van der Waals surface area contributed by atoms with Gasteiger partial charge >= 0.3 is 11.9 Å². The molecule has 1 N–H and O–H groups in total. The van der Waals surface area contributed by atoms with E-state index in [1.165, 1.54) is 12.8 Å². The first-order valence-corrected chi connectivity index (χ1v) is 14.1. The van der Waals surface area contributed by atoms with Gasteiger partial charge in [-0.25, -0.2) is 0 Å². The van der Waals surface area contributed by atoms with Crippen molar-refractivity contribution in [1.82, 2.24) is 0 Å². The van der Waals surface area contributed by atoms with E-state index in [0.29, 0.717) is 38.5 Å². The van der Waals surface area contributed by atoms with Crippen LogP contribution in [0, 0.1) is 29.6 Å². The number of esters is 2. The Balaban J connectivity index is 1.85. The molecule has 0 amide bonds. The van der Waals surface area contributed by atoms with Crippen molar-refractivity contribution in [3.8, 4) is 0 Å². The summed E-state index contributed by atoms with van der Waals surface area (Å²) in [5, 5.41) is 10.4. The van der Waals surface area contributed by atoms with E-state index in [0.717, 1.165) is 30.7 Å². The van der Waals surface area contributed by atoms with E-state index >= 15 is 0 Å². The third-order valence-corrected chi connectivity index (χ3v) is 8.44. The fourth-order valence-electron chi connectivity index (χ4n) is 5.83. The average Bonchev–Trinajstić information content (AvgIpc) is 2.86. The van der Waals surface area contributed by atoms with Crippen molar-refractivity contribution in [3.63, 3.8) is 0 Å². The summed E-state index contributed by atoms with van der Waals surface area (Å²) in [7, 11) is 0. The highest BCUT2D eigenvalue weighted by molar-refractivity contribution is 6.08. The maximum absolute atomic E-state index is 13.1. The van der Waals surface area contributed by atoms with Crippen LogP contribution in [0.25, 0.3) is 0 Å². The molecule has 1 heterocycles. The second-order valence-electron chi connectivity index (χ2n) is 10.9. The molecule has 7 heteroatoms. The second-order valence-corrected chi connectivity index (χ2v) is 10.9. The molecule has 7 unspecified atom stereocenters. The monoisotopic (exact) mass is 503 g/mol. The summed E-state index contributed by atoms with van der Waals surface area (Å²) in [5.41, 5.74) is 1.88. The fourth-order valence-corrected chi connectivity index (χ4v) is 5.83. The topological polar surface area (TPSA) is 102 Å². The van der Waals surface area contributed by atoms with Crippen LogP contribution in [0.1, 0.15) is 91.9 Å². The van der Waals surface area contributed by atoms with Gasteiger partial charge in [0, 0.05) is 30.5 Å². The van der Waals surface area contributed by atoms with Gasteiger partial charge in [0.05, 0.1) is 24.5 Å². The lowest BCUT2D eigenvalue weighted by molar-refractivity contribution is -0.161. The Morgan fingerprint density at radius 3 is 2.67 bits per heavy atom. The van der Waals surface area contributed by atoms with Crippen molar-refractivity contribution in [3.05, 3.63) is 11.6 Å². The lowest BCUT2D eigenvalue weighted by Crippen LogP contribution is -2.47. The molecule has 0 radical (unpaired) electrons. The molecule has 36 heavy (non-hydrogen) atoms. The number of carbonyl (C=O) groups is 3. The van der Waals surface area contributed by atoms with Crippen LogP contribution in [0.15, 0.2) is 16.6 Å². The van der Waals surface area contributed by atoms with Crippen LogP contribution in [0.5, 0.6) is 0 Å². The number of ketones is 1. The van der Waals surface area contributed by atoms with E-state index in [4.69, 9.17) is 14.5 Å². The van der Waals surface area contributed by atoms with E-state index in [2.05, 4.69) is 6.92 Å². The van der Waals surface area contributed by atoms with Gasteiger partial charge in [-0.3, -0.25) is 19.4 Å². The molecule has 202 valence electrons. The summed E-state index contributed by atoms with van der Waals surface area (Å²) in [6, 6.07) is 0. The molecule has 1 aliphatic heterocycles. The number of fused-ring (bicyclic) bond motifs is 1. The molecule has 3 rings (SSSR count). The fraction of sp³-hybridized carbons (Fsp3) is 0.793. The molecular weight excluding hydrogens is 458 g/mol. The molecule has 7 nitrogen and oxygen atoms in total. The smallest absolute Gasteiger partial charge is 0.311 e. The van der Waals surface area contributed by atoms with Crippen LogP contribution in [-0.2, 0) is 23.9 Å². The first kappa shape index (κ1) is 28.5. The van der Waals surface area contributed by atoms with Crippen LogP contribution in [-0.4, -0.2) is 53.9 Å². The van der Waals surface area contributed by atoms with Crippen molar-refractivity contribution in [2.75, 3.05) is 13.2 Å². The van der Waals surface area contributed by atoms with Gasteiger partial charge in [0.2, 0.25) is 0 Å². The van der Waals surface area contributed by atoms with Crippen molar-refractivity contribution in [2.24, 2.45) is 34.6 Å². The van der Waals surface area contributed by atoms with Crippen LogP contribution < -0.4 is 0 Å². The Bertz CT molecular complexity index is 849. The van der Waals surface area contributed by atoms with E-state index < -0.39 is 12.0 Å². The van der Waals surface area contributed by atoms with Crippen molar-refractivity contribution >= 4 is 23.4 Å². The second kappa shape index (κ2) is 13.5. The number of hydrogen-bond acceptors (Lipinski definition) is 7. The third kappa shape index (κ3) is 6.84. The molecule has 1 saturated carbocycles. The SMILES string of the molecule is CCCCCCN=C1CCC(OC(=O)C(C)CC)C2C1=CC(=O)C(C)C2CCC1C(=O)OCCC1O. The normalized spacial score (nSPS) is 32.5. The Labute approximate surface area is 216 Å². The molecule has 0 aromatic rings. The lowest BCUT2D eigenvalue weighted by atomic mass is 9.63. The summed E-state index contributed by atoms with van der Waals surface area (Å²) in [6.45, 7) is 8.96. The molecule has 2 aliphatic carbocycles. The number of unbranched alkanes of at least 4 members (excludes halogenated alkanes) is 3. The molecule has 2 fully saturated rings. The molecule has 7 atom stereocenters. The molecular formula is C29H45NO6. The molecule has 0 spiro atoms. The largest absolute Gasteiger partial charge is 0.465 e. The summed E-state index contributed by atoms with van der Waals surface area (Å²) in [5.74, 6) is -1.75. The summed E-state index contributed by atoms with van der Waals surface area (Å²) in [6.07, 6.45) is 8.78. The van der Waals surface area contributed by atoms with E-state index in [-0.39, 0.29) is 54.1 Å². The molecule has 0 aromatic carbocycles. The predicted octanol–water partition coefficient (Wildman–Crippen LogP) is 4.84. The van der Waals surface area contributed by atoms with Crippen molar-refractivity contribution in [2.45, 2.75) is 104 Å². The third-order valence-electron chi connectivity index (χ3n) is 8.44. The first-order chi connectivity index (χ1) is 17.3. The summed E-state index contributed by atoms with van der Waals surface area (Å²) < 4.78 is 11.3. The van der Waals surface area contributed by atoms with Crippen molar-refractivity contribution < 1.29 is 29.0 Å². The quantitative estimate of drug-likeness (QED) is 0.320. The van der Waals surface area contributed by atoms with Gasteiger partial charge in [-0.2, -0.15) is 0 Å². The summed E-state index contributed by atoms with van der Waals surface area (Å²) in [4.78, 5) is 43.1. The maximum atomic E-state index is 13.1. The van der Waals surface area contributed by atoms with Gasteiger partial charge < -0.3 is 14.6 Å². The molecule has 3 aliphatic rings. The highest BCUT2D eigenvalue weighted by Crippen LogP contribution is 2.45. The number of aliphatic hydroxyl groups is 1. The van der Waals surface area contributed by atoms with E-state index in [1.54, 1.807) is 6.08 Å². The van der Waals surface area contributed by atoms with E-state index in [9.17, 15) is 19.5 Å². The highest BCUT2D eigenvalue weighted by atomic mass is 16.5. The minimum atomic E-state index is -0.721. The van der Waals surface area contributed by atoms with Gasteiger partial charge in [0.25, 0.3) is 0 Å². The summed E-state index contributed by atoms with van der Waals surface area (Å²) >= 11 is 0. The van der Waals surface area contributed by atoms with E-state index in [1.807, 2.05) is 20.8 Å². The van der Waals surface area contributed by atoms with Gasteiger partial charge in [0.15, 0.2) is 5.78 Å². The number of nitrogens with zero attached hydrogens (tertiary/aromatic N) is 1. The Kier molecular flexibility index (Phi) is 10.7. The number of aliphatic hydroxyl groups excluding tert-OH is 1. The van der Waals surface area contributed by atoms with Gasteiger partial charge in [-0.15, -0.1) is 0 Å². The lowest BCUT2D eigenvalue weighted by Gasteiger charge is -2.44. The van der Waals surface area contributed by atoms with Crippen LogP contribution in [0.4, 0.5) is 0 Å². The average molecular weight is 504 g/mol. The minimum Gasteiger partial charge on any atom is -0.465 e. The van der Waals surface area contributed by atoms with Gasteiger partial charge in [0.1, 0.15) is 6.10 Å². The predicted molar refractivity (Wildman–Crippen MR) is 139 cm³/mol. The number of hydrogen-bond donors (Lipinski definition) is 1. The van der Waals surface area contributed by atoms with Crippen LogP contribution >= 0.6 is 0 Å². The molecule has 0 aromatic heterocycles. The van der Waals surface area contributed by atoms with Gasteiger partial charge in [-0.1, -0.05) is 47.0 Å². The van der Waals surface area contributed by atoms with Crippen molar-refractivity contribution in [1.29, 1.82) is 0 Å². The Hall–Kier alpha value is -2.02. The number of cyclic esters (lactones) is 1. The Morgan fingerprint density at radius 2 is 1.97 bits per heavy atom. The highest BCUT2D eigenvalue weighted by Gasteiger charge is 2.47. The standard InChI is InChI=1S/C29H45NO6/c1-5-7-8-9-15-30-23-12-13-26(36-28(33)18(3)6-2)27-20(19(4)25(32)17-22(23)27)10-11-21-24(31)14-16-35-29(21)34/h17-21,24,26-27,31H,5-16H2,1-4H3.